The molecule has 0 radical (unpaired) electrons. The van der Waals surface area contributed by atoms with Crippen molar-refractivity contribution in [2.45, 2.75) is 19.5 Å². The highest BCUT2D eigenvalue weighted by molar-refractivity contribution is 5.89. The Hall–Kier alpha value is -2.58. The molecule has 0 unspecified atom stereocenters. The molecule has 112 valence electrons. The molecule has 0 atom stereocenters. The number of rotatable bonds is 3. The van der Waals surface area contributed by atoms with Crippen molar-refractivity contribution in [1.29, 1.82) is 0 Å². The summed E-state index contributed by atoms with van der Waals surface area (Å²) >= 11 is 0. The maximum Gasteiger partial charge on any atom is 0.418 e. The Bertz CT molecular complexity index is 746. The van der Waals surface area contributed by atoms with E-state index in [-0.39, 0.29) is 11.6 Å². The van der Waals surface area contributed by atoms with Crippen LogP contribution in [0.25, 0.3) is 5.82 Å². The van der Waals surface area contributed by atoms with Crippen molar-refractivity contribution < 1.29 is 23.1 Å². The lowest BCUT2D eigenvalue weighted by molar-refractivity contribution is -0.138. The molecule has 2 aromatic rings. The van der Waals surface area contributed by atoms with Crippen LogP contribution in [0.5, 0.6) is 0 Å². The molecule has 21 heavy (non-hydrogen) atoms. The molecule has 2 aromatic heterocycles. The highest BCUT2D eigenvalue weighted by atomic mass is 19.4. The summed E-state index contributed by atoms with van der Waals surface area (Å²) in [6.45, 7) is 1.71. The van der Waals surface area contributed by atoms with Crippen LogP contribution in [-0.4, -0.2) is 25.6 Å². The van der Waals surface area contributed by atoms with Crippen molar-refractivity contribution in [3.05, 3.63) is 45.8 Å². The quantitative estimate of drug-likeness (QED) is 0.905. The number of aryl methyl sites for hydroxylation is 1. The molecule has 0 saturated heterocycles. The number of hydrogen-bond donors (Lipinski definition) is 2. The summed E-state index contributed by atoms with van der Waals surface area (Å²) in [5.41, 5.74) is -2.73. The van der Waals surface area contributed by atoms with Gasteiger partial charge in [0.1, 0.15) is 11.6 Å². The van der Waals surface area contributed by atoms with Crippen molar-refractivity contribution in [3.63, 3.8) is 0 Å². The molecule has 2 heterocycles. The zero-order valence-corrected chi connectivity index (χ0v) is 10.7. The van der Waals surface area contributed by atoms with E-state index >= 15 is 0 Å². The molecule has 0 aliphatic heterocycles. The molecule has 0 amide bonds. The normalized spacial score (nSPS) is 11.6. The number of carboxylic acid groups (broad SMARTS) is 1. The van der Waals surface area contributed by atoms with Gasteiger partial charge in [-0.05, 0) is 0 Å². The van der Waals surface area contributed by atoms with Gasteiger partial charge in [-0.1, -0.05) is 6.92 Å². The van der Waals surface area contributed by atoms with Crippen molar-refractivity contribution in [3.8, 4) is 5.82 Å². The van der Waals surface area contributed by atoms with Crippen LogP contribution in [0.4, 0.5) is 13.2 Å². The smallest absolute Gasteiger partial charge is 0.418 e. The number of hydrogen-bond acceptors (Lipinski definition) is 3. The fraction of sp³-hybridized carbons (Fsp3) is 0.250. The summed E-state index contributed by atoms with van der Waals surface area (Å²) < 4.78 is 39.3. The van der Waals surface area contributed by atoms with Crippen molar-refractivity contribution >= 4 is 5.97 Å². The van der Waals surface area contributed by atoms with Crippen LogP contribution >= 0.6 is 0 Å². The molecule has 0 aromatic carbocycles. The summed E-state index contributed by atoms with van der Waals surface area (Å²) in [7, 11) is 0. The lowest BCUT2D eigenvalue weighted by atomic mass is 10.2. The number of nitrogens with zero attached hydrogens (tertiary/aromatic N) is 2. The predicted molar refractivity (Wildman–Crippen MR) is 65.5 cm³/mol. The zero-order valence-electron chi connectivity index (χ0n) is 10.7. The van der Waals surface area contributed by atoms with Gasteiger partial charge in [0.2, 0.25) is 0 Å². The van der Waals surface area contributed by atoms with E-state index in [1.54, 1.807) is 6.92 Å². The third-order valence-electron chi connectivity index (χ3n) is 2.74. The maximum absolute atomic E-state index is 12.8. The summed E-state index contributed by atoms with van der Waals surface area (Å²) in [6, 6.07) is 0.991. The number of aromatic amines is 1. The largest absolute Gasteiger partial charge is 0.478 e. The van der Waals surface area contributed by atoms with Gasteiger partial charge in [0.05, 0.1) is 11.1 Å². The number of carboxylic acids is 1. The van der Waals surface area contributed by atoms with Crippen LogP contribution in [0.1, 0.15) is 28.7 Å². The van der Waals surface area contributed by atoms with Gasteiger partial charge in [0, 0.05) is 24.9 Å². The predicted octanol–water partition coefficient (Wildman–Crippen LogP) is 1.84. The van der Waals surface area contributed by atoms with Crippen LogP contribution in [0.15, 0.2) is 23.3 Å². The Morgan fingerprint density at radius 1 is 1.43 bits per heavy atom. The minimum atomic E-state index is -4.81. The van der Waals surface area contributed by atoms with Crippen LogP contribution < -0.4 is 5.56 Å². The second kappa shape index (κ2) is 5.08. The van der Waals surface area contributed by atoms with Crippen LogP contribution in [0, 0.1) is 0 Å². The first kappa shape index (κ1) is 14.8. The first-order chi connectivity index (χ1) is 9.72. The second-order valence-corrected chi connectivity index (χ2v) is 4.20. The Morgan fingerprint density at radius 3 is 2.57 bits per heavy atom. The van der Waals surface area contributed by atoms with E-state index in [1.165, 1.54) is 0 Å². The average Bonchev–Trinajstić information content (AvgIpc) is 2.83. The van der Waals surface area contributed by atoms with E-state index < -0.39 is 28.8 Å². The fourth-order valence-electron chi connectivity index (χ4n) is 1.78. The SMILES string of the molecule is CCc1nc(-n2cc(C(=O)O)c(C(F)(F)F)c2)cc(=O)[nH]1. The second-order valence-electron chi connectivity index (χ2n) is 4.20. The molecular formula is C12H10F3N3O3. The monoisotopic (exact) mass is 301 g/mol. The van der Waals surface area contributed by atoms with E-state index in [2.05, 4.69) is 9.97 Å². The standard InChI is InChI=1S/C12H10F3N3O3/c1-2-8-16-9(3-10(19)17-8)18-4-6(11(20)21)7(5-18)12(13,14)15/h3-5H,2H2,1H3,(H,20,21)(H,16,17,19). The Labute approximate surface area is 115 Å². The lowest BCUT2D eigenvalue weighted by Gasteiger charge is -2.05. The summed E-state index contributed by atoms with van der Waals surface area (Å²) in [6.07, 6.45) is -3.05. The van der Waals surface area contributed by atoms with Gasteiger partial charge < -0.3 is 14.7 Å². The molecule has 0 bridgehead atoms. The van der Waals surface area contributed by atoms with E-state index in [0.717, 1.165) is 16.8 Å². The number of nitrogens with one attached hydrogen (secondary N) is 1. The number of H-pyrrole nitrogens is 1. The molecule has 0 saturated carbocycles. The van der Waals surface area contributed by atoms with E-state index in [0.29, 0.717) is 12.6 Å². The fourth-order valence-corrected chi connectivity index (χ4v) is 1.78. The molecular weight excluding hydrogens is 291 g/mol. The lowest BCUT2D eigenvalue weighted by Crippen LogP contribution is -2.13. The van der Waals surface area contributed by atoms with Gasteiger partial charge in [-0.3, -0.25) is 4.79 Å². The van der Waals surface area contributed by atoms with E-state index in [9.17, 15) is 22.8 Å². The van der Waals surface area contributed by atoms with Gasteiger partial charge >= 0.3 is 12.1 Å². The molecule has 0 aliphatic carbocycles. The number of carbonyl (C=O) groups is 1. The maximum atomic E-state index is 12.8. The first-order valence-electron chi connectivity index (χ1n) is 5.85. The molecule has 0 fully saturated rings. The third kappa shape index (κ3) is 2.96. The molecule has 0 spiro atoms. The van der Waals surface area contributed by atoms with Crippen LogP contribution in [0.3, 0.4) is 0 Å². The highest BCUT2D eigenvalue weighted by Crippen LogP contribution is 2.33. The summed E-state index contributed by atoms with van der Waals surface area (Å²) in [5, 5.41) is 8.84. The Balaban J connectivity index is 2.63. The number of aromatic nitrogens is 3. The molecule has 6 nitrogen and oxygen atoms in total. The highest BCUT2D eigenvalue weighted by Gasteiger charge is 2.37. The van der Waals surface area contributed by atoms with Gasteiger partial charge in [-0.25, -0.2) is 9.78 Å². The number of halogens is 3. The van der Waals surface area contributed by atoms with Gasteiger partial charge in [0.25, 0.3) is 5.56 Å². The Morgan fingerprint density at radius 2 is 2.10 bits per heavy atom. The minimum absolute atomic E-state index is 0.0754. The number of aromatic carboxylic acids is 1. The van der Waals surface area contributed by atoms with Crippen LogP contribution in [0.2, 0.25) is 0 Å². The molecule has 2 N–H and O–H groups in total. The topological polar surface area (TPSA) is 88.0 Å². The number of alkyl halides is 3. The Kier molecular flexibility index (Phi) is 3.58. The zero-order chi connectivity index (χ0) is 15.8. The van der Waals surface area contributed by atoms with Gasteiger partial charge in [0.15, 0.2) is 0 Å². The minimum Gasteiger partial charge on any atom is -0.478 e. The summed E-state index contributed by atoms with van der Waals surface area (Å²) in [4.78, 5) is 28.7. The van der Waals surface area contributed by atoms with Crippen molar-refractivity contribution in [2.24, 2.45) is 0 Å². The molecule has 2 rings (SSSR count). The van der Waals surface area contributed by atoms with Crippen molar-refractivity contribution in [2.75, 3.05) is 0 Å². The summed E-state index contributed by atoms with van der Waals surface area (Å²) in [5.74, 6) is -1.49. The first-order valence-corrected chi connectivity index (χ1v) is 5.85. The van der Waals surface area contributed by atoms with Gasteiger partial charge in [-0.2, -0.15) is 13.2 Å². The van der Waals surface area contributed by atoms with Gasteiger partial charge in [-0.15, -0.1) is 0 Å². The average molecular weight is 301 g/mol. The van der Waals surface area contributed by atoms with Crippen LogP contribution in [-0.2, 0) is 12.6 Å². The molecule has 9 heteroatoms. The van der Waals surface area contributed by atoms with E-state index in [4.69, 9.17) is 5.11 Å². The van der Waals surface area contributed by atoms with E-state index in [1.807, 2.05) is 0 Å². The van der Waals surface area contributed by atoms with Crippen molar-refractivity contribution in [1.82, 2.24) is 14.5 Å². The third-order valence-corrected chi connectivity index (χ3v) is 2.74. The molecule has 0 aliphatic rings.